The maximum Gasteiger partial charge on any atom is 0.230 e. The summed E-state index contributed by atoms with van der Waals surface area (Å²) in [5, 5.41) is 2.79. The molecule has 0 spiro atoms. The quantitative estimate of drug-likeness (QED) is 0.729. The van der Waals surface area contributed by atoms with Gasteiger partial charge in [0.1, 0.15) is 0 Å². The summed E-state index contributed by atoms with van der Waals surface area (Å²) in [6.45, 7) is 1.84. The minimum atomic E-state index is -0.0284. The first-order chi connectivity index (χ1) is 6.72. The zero-order valence-corrected chi connectivity index (χ0v) is 8.45. The molecule has 3 nitrogen and oxygen atoms in total. The lowest BCUT2D eigenvalue weighted by molar-refractivity contribution is -0.115. The molecule has 0 heterocycles. The van der Waals surface area contributed by atoms with E-state index in [9.17, 15) is 4.79 Å². The van der Waals surface area contributed by atoms with E-state index in [1.807, 2.05) is 37.3 Å². The zero-order chi connectivity index (χ0) is 10.4. The molecule has 1 N–H and O–H groups in total. The Morgan fingerprint density at radius 3 is 2.57 bits per heavy atom. The van der Waals surface area contributed by atoms with Gasteiger partial charge in [-0.15, -0.1) is 0 Å². The van der Waals surface area contributed by atoms with Crippen molar-refractivity contribution in [1.82, 2.24) is 0 Å². The van der Waals surface area contributed by atoms with Crippen molar-refractivity contribution in [3.05, 3.63) is 30.3 Å². The van der Waals surface area contributed by atoms with Crippen LogP contribution in [-0.4, -0.2) is 18.7 Å². The van der Waals surface area contributed by atoms with E-state index in [1.165, 1.54) is 0 Å². The molecule has 0 saturated heterocycles. The van der Waals surface area contributed by atoms with E-state index in [0.717, 1.165) is 11.4 Å². The number of amides is 1. The van der Waals surface area contributed by atoms with Crippen LogP contribution in [0.15, 0.2) is 35.3 Å². The molecular weight excluding hydrogens is 176 g/mol. The van der Waals surface area contributed by atoms with Crippen LogP contribution in [0.3, 0.4) is 0 Å². The van der Waals surface area contributed by atoms with E-state index in [2.05, 4.69) is 10.3 Å². The number of hydrogen-bond acceptors (Lipinski definition) is 2. The van der Waals surface area contributed by atoms with Gasteiger partial charge in [-0.2, -0.15) is 0 Å². The molecule has 0 bridgehead atoms. The van der Waals surface area contributed by atoms with Gasteiger partial charge in [-0.3, -0.25) is 9.79 Å². The minimum absolute atomic E-state index is 0.0284. The van der Waals surface area contributed by atoms with Crippen molar-refractivity contribution in [2.75, 3.05) is 12.4 Å². The predicted octanol–water partition coefficient (Wildman–Crippen LogP) is 2.11. The first-order valence-electron chi connectivity index (χ1n) is 4.49. The van der Waals surface area contributed by atoms with Gasteiger partial charge < -0.3 is 5.32 Å². The summed E-state index contributed by atoms with van der Waals surface area (Å²) < 4.78 is 0. The van der Waals surface area contributed by atoms with E-state index in [4.69, 9.17) is 0 Å². The highest BCUT2D eigenvalue weighted by atomic mass is 16.1. The van der Waals surface area contributed by atoms with Crippen molar-refractivity contribution < 1.29 is 4.79 Å². The van der Waals surface area contributed by atoms with Crippen LogP contribution in [0.2, 0.25) is 0 Å². The summed E-state index contributed by atoms with van der Waals surface area (Å²) in [4.78, 5) is 15.3. The van der Waals surface area contributed by atoms with Crippen molar-refractivity contribution in [3.8, 4) is 0 Å². The number of carbonyl (C=O) groups is 1. The Labute approximate surface area is 83.9 Å². The predicted molar refractivity (Wildman–Crippen MR) is 58.7 cm³/mol. The van der Waals surface area contributed by atoms with Gasteiger partial charge in [0.05, 0.1) is 6.42 Å². The standard InChI is InChI=1S/C11H14N2O/c1-9(12-2)8-11(14)13-10-6-4-3-5-7-10/h3-7H,8H2,1-2H3,(H,13,14). The van der Waals surface area contributed by atoms with Gasteiger partial charge in [-0.05, 0) is 19.1 Å². The molecule has 0 unspecified atom stereocenters. The topological polar surface area (TPSA) is 41.5 Å². The molecule has 0 radical (unpaired) electrons. The van der Waals surface area contributed by atoms with Gasteiger partial charge in [-0.25, -0.2) is 0 Å². The molecule has 1 aromatic rings. The first-order valence-corrected chi connectivity index (χ1v) is 4.49. The molecule has 1 aromatic carbocycles. The third-order valence-electron chi connectivity index (χ3n) is 1.86. The van der Waals surface area contributed by atoms with Gasteiger partial charge in [0.25, 0.3) is 0 Å². The van der Waals surface area contributed by atoms with E-state index in [1.54, 1.807) is 7.05 Å². The molecule has 0 aromatic heterocycles. The summed E-state index contributed by atoms with van der Waals surface area (Å²) in [6.07, 6.45) is 0.353. The van der Waals surface area contributed by atoms with Crippen molar-refractivity contribution in [1.29, 1.82) is 0 Å². The third-order valence-corrected chi connectivity index (χ3v) is 1.86. The number of hydrogen-bond donors (Lipinski definition) is 1. The Bertz CT molecular complexity index is 330. The van der Waals surface area contributed by atoms with Crippen molar-refractivity contribution in [3.63, 3.8) is 0 Å². The van der Waals surface area contributed by atoms with Crippen molar-refractivity contribution >= 4 is 17.3 Å². The molecule has 3 heteroatoms. The molecule has 0 atom stereocenters. The smallest absolute Gasteiger partial charge is 0.230 e. The second kappa shape index (κ2) is 5.17. The second-order valence-electron chi connectivity index (χ2n) is 3.05. The number of carbonyl (C=O) groups excluding carboxylic acids is 1. The fourth-order valence-electron chi connectivity index (χ4n) is 1.04. The van der Waals surface area contributed by atoms with Gasteiger partial charge in [0.2, 0.25) is 5.91 Å². The van der Waals surface area contributed by atoms with Gasteiger partial charge in [0.15, 0.2) is 0 Å². The maximum absolute atomic E-state index is 11.4. The Morgan fingerprint density at radius 1 is 1.36 bits per heavy atom. The lowest BCUT2D eigenvalue weighted by Gasteiger charge is -2.03. The average molecular weight is 190 g/mol. The number of aliphatic imine (C=N–C) groups is 1. The summed E-state index contributed by atoms with van der Waals surface area (Å²) in [6, 6.07) is 9.40. The lowest BCUT2D eigenvalue weighted by atomic mass is 10.2. The highest BCUT2D eigenvalue weighted by molar-refractivity contribution is 6.05. The van der Waals surface area contributed by atoms with Crippen LogP contribution in [0, 0.1) is 0 Å². The maximum atomic E-state index is 11.4. The third kappa shape index (κ3) is 3.39. The van der Waals surface area contributed by atoms with E-state index in [-0.39, 0.29) is 5.91 Å². The van der Waals surface area contributed by atoms with E-state index >= 15 is 0 Å². The molecule has 0 aliphatic heterocycles. The fourth-order valence-corrected chi connectivity index (χ4v) is 1.04. The molecular formula is C11H14N2O. The minimum Gasteiger partial charge on any atom is -0.326 e. The number of anilines is 1. The summed E-state index contributed by atoms with van der Waals surface area (Å²) in [5.41, 5.74) is 1.65. The lowest BCUT2D eigenvalue weighted by Crippen LogP contribution is -2.14. The van der Waals surface area contributed by atoms with Crippen LogP contribution in [-0.2, 0) is 4.79 Å². The van der Waals surface area contributed by atoms with Gasteiger partial charge in [0, 0.05) is 18.4 Å². The van der Waals surface area contributed by atoms with Crippen LogP contribution in [0.25, 0.3) is 0 Å². The largest absolute Gasteiger partial charge is 0.326 e. The fraction of sp³-hybridized carbons (Fsp3) is 0.273. The number of benzene rings is 1. The summed E-state index contributed by atoms with van der Waals surface area (Å²) >= 11 is 0. The molecule has 0 fully saturated rings. The number of nitrogens with zero attached hydrogens (tertiary/aromatic N) is 1. The average Bonchev–Trinajstić information content (AvgIpc) is 2.19. The van der Waals surface area contributed by atoms with Crippen LogP contribution < -0.4 is 5.32 Å². The van der Waals surface area contributed by atoms with E-state index in [0.29, 0.717) is 6.42 Å². The van der Waals surface area contributed by atoms with Crippen LogP contribution in [0.5, 0.6) is 0 Å². The Hall–Kier alpha value is -1.64. The number of rotatable bonds is 3. The van der Waals surface area contributed by atoms with Crippen LogP contribution >= 0.6 is 0 Å². The molecule has 0 aliphatic rings. The molecule has 0 aliphatic carbocycles. The van der Waals surface area contributed by atoms with Crippen LogP contribution in [0.4, 0.5) is 5.69 Å². The highest BCUT2D eigenvalue weighted by Gasteiger charge is 2.02. The first kappa shape index (κ1) is 10.4. The van der Waals surface area contributed by atoms with Crippen molar-refractivity contribution in [2.45, 2.75) is 13.3 Å². The molecule has 74 valence electrons. The number of para-hydroxylation sites is 1. The molecule has 0 saturated carbocycles. The molecule has 1 amide bonds. The SMILES string of the molecule is CN=C(C)CC(=O)Nc1ccccc1. The Morgan fingerprint density at radius 2 is 2.00 bits per heavy atom. The summed E-state index contributed by atoms with van der Waals surface area (Å²) in [5.74, 6) is -0.0284. The van der Waals surface area contributed by atoms with Crippen LogP contribution in [0.1, 0.15) is 13.3 Å². The second-order valence-corrected chi connectivity index (χ2v) is 3.05. The molecule has 1 rings (SSSR count). The highest BCUT2D eigenvalue weighted by Crippen LogP contribution is 2.05. The monoisotopic (exact) mass is 190 g/mol. The van der Waals surface area contributed by atoms with Gasteiger partial charge in [-0.1, -0.05) is 18.2 Å². The number of nitrogens with one attached hydrogen (secondary N) is 1. The zero-order valence-electron chi connectivity index (χ0n) is 8.45. The summed E-state index contributed by atoms with van der Waals surface area (Å²) in [7, 11) is 1.69. The van der Waals surface area contributed by atoms with E-state index < -0.39 is 0 Å². The van der Waals surface area contributed by atoms with Crippen molar-refractivity contribution in [2.24, 2.45) is 4.99 Å². The Kier molecular flexibility index (Phi) is 3.85. The van der Waals surface area contributed by atoms with Gasteiger partial charge >= 0.3 is 0 Å². The Balaban J connectivity index is 2.50. The molecule has 14 heavy (non-hydrogen) atoms. The normalized spacial score (nSPS) is 11.1.